The highest BCUT2D eigenvalue weighted by molar-refractivity contribution is 7.20. The second kappa shape index (κ2) is 4.88. The van der Waals surface area contributed by atoms with Gasteiger partial charge in [-0.15, -0.1) is 22.9 Å². The van der Waals surface area contributed by atoms with E-state index in [9.17, 15) is 0 Å². The molecule has 0 saturated carbocycles. The normalized spacial score (nSPS) is 13.7. The third kappa shape index (κ3) is 3.32. The highest BCUT2D eigenvalue weighted by atomic mass is 35.5. The van der Waals surface area contributed by atoms with E-state index >= 15 is 0 Å². The van der Waals surface area contributed by atoms with Gasteiger partial charge in [-0.05, 0) is 18.4 Å². The van der Waals surface area contributed by atoms with E-state index in [1.165, 1.54) is 11.3 Å². The predicted octanol–water partition coefficient (Wildman–Crippen LogP) is 5.38. The maximum Gasteiger partial charge on any atom is 0.0991 e. The van der Waals surface area contributed by atoms with Crippen molar-refractivity contribution < 1.29 is 0 Å². The second-order valence-corrected chi connectivity index (χ2v) is 6.19. The minimum absolute atomic E-state index is 0.0174. The Bertz CT molecular complexity index is 280. The summed E-state index contributed by atoms with van der Waals surface area (Å²) in [6, 6.07) is 1.86. The first-order valence-corrected chi connectivity index (χ1v) is 6.10. The van der Waals surface area contributed by atoms with Gasteiger partial charge in [0.05, 0.1) is 14.0 Å². The molecule has 1 aromatic heterocycles. The summed E-state index contributed by atoms with van der Waals surface area (Å²) in [4.78, 5) is 0. The molecule has 0 fully saturated rings. The summed E-state index contributed by atoms with van der Waals surface area (Å²) in [5.74, 6) is 0.567. The molecule has 13 heavy (non-hydrogen) atoms. The minimum Gasteiger partial charge on any atom is -0.118 e. The molecule has 1 aromatic rings. The van der Waals surface area contributed by atoms with Crippen LogP contribution in [0, 0.1) is 5.92 Å². The zero-order chi connectivity index (χ0) is 10.0. The fourth-order valence-corrected chi connectivity index (χ4v) is 3.34. The van der Waals surface area contributed by atoms with E-state index in [-0.39, 0.29) is 5.38 Å². The number of hydrogen-bond donors (Lipinski definition) is 0. The van der Waals surface area contributed by atoms with Gasteiger partial charge in [-0.3, -0.25) is 0 Å². The van der Waals surface area contributed by atoms with E-state index in [2.05, 4.69) is 13.8 Å². The molecule has 0 aliphatic carbocycles. The lowest BCUT2D eigenvalue weighted by molar-refractivity contribution is 0.576. The molecular formula is C9H11Cl3S. The summed E-state index contributed by atoms with van der Waals surface area (Å²) in [6.45, 7) is 4.27. The first kappa shape index (κ1) is 11.6. The van der Waals surface area contributed by atoms with Crippen LogP contribution in [0.3, 0.4) is 0 Å². The lowest BCUT2D eigenvalue weighted by Crippen LogP contribution is -1.95. The maximum absolute atomic E-state index is 6.18. The highest BCUT2D eigenvalue weighted by Gasteiger charge is 2.16. The Labute approximate surface area is 97.8 Å². The highest BCUT2D eigenvalue weighted by Crippen LogP contribution is 2.39. The molecule has 0 amide bonds. The Hall–Kier alpha value is 0.570. The van der Waals surface area contributed by atoms with Gasteiger partial charge in [-0.2, -0.15) is 0 Å². The molecule has 1 atom stereocenters. The van der Waals surface area contributed by atoms with Gasteiger partial charge in [0.1, 0.15) is 0 Å². The Morgan fingerprint density at radius 3 is 2.38 bits per heavy atom. The molecule has 74 valence electrons. The zero-order valence-electron chi connectivity index (χ0n) is 7.48. The zero-order valence-corrected chi connectivity index (χ0v) is 10.6. The van der Waals surface area contributed by atoms with Crippen LogP contribution in [0.1, 0.15) is 31.2 Å². The molecule has 0 aliphatic heterocycles. The molecule has 0 radical (unpaired) electrons. The fraction of sp³-hybridized carbons (Fsp3) is 0.556. The van der Waals surface area contributed by atoms with Gasteiger partial charge in [0.15, 0.2) is 0 Å². The van der Waals surface area contributed by atoms with Gasteiger partial charge in [-0.1, -0.05) is 37.0 Å². The van der Waals surface area contributed by atoms with Crippen LogP contribution < -0.4 is 0 Å². The number of halogens is 3. The Morgan fingerprint density at radius 1 is 1.38 bits per heavy atom. The lowest BCUT2D eigenvalue weighted by atomic mass is 10.0. The van der Waals surface area contributed by atoms with Crippen LogP contribution in [0.25, 0.3) is 0 Å². The quantitative estimate of drug-likeness (QED) is 0.638. The summed E-state index contributed by atoms with van der Waals surface area (Å²) < 4.78 is 1.42. The van der Waals surface area contributed by atoms with Crippen molar-refractivity contribution in [2.75, 3.05) is 0 Å². The van der Waals surface area contributed by atoms with E-state index in [0.29, 0.717) is 14.6 Å². The van der Waals surface area contributed by atoms with E-state index in [0.717, 1.165) is 12.0 Å². The van der Waals surface area contributed by atoms with Crippen LogP contribution >= 0.6 is 46.1 Å². The second-order valence-electron chi connectivity index (χ2n) is 3.38. The Kier molecular flexibility index (Phi) is 4.37. The monoisotopic (exact) mass is 256 g/mol. The van der Waals surface area contributed by atoms with Gasteiger partial charge in [0.25, 0.3) is 0 Å². The summed E-state index contributed by atoms with van der Waals surface area (Å²) >= 11 is 19.3. The molecule has 0 aromatic carbocycles. The van der Waals surface area contributed by atoms with Crippen LogP contribution in [-0.4, -0.2) is 0 Å². The van der Waals surface area contributed by atoms with Gasteiger partial charge in [0, 0.05) is 5.56 Å². The number of hydrogen-bond acceptors (Lipinski definition) is 1. The van der Waals surface area contributed by atoms with Crippen molar-refractivity contribution in [2.24, 2.45) is 5.92 Å². The van der Waals surface area contributed by atoms with Gasteiger partial charge in [0.2, 0.25) is 0 Å². The molecule has 4 heteroatoms. The fourth-order valence-electron chi connectivity index (χ4n) is 1.11. The number of thiophene rings is 1. The van der Waals surface area contributed by atoms with Crippen molar-refractivity contribution in [3.05, 3.63) is 20.3 Å². The molecule has 0 saturated heterocycles. The molecule has 0 spiro atoms. The van der Waals surface area contributed by atoms with Gasteiger partial charge in [-0.25, -0.2) is 0 Å². The van der Waals surface area contributed by atoms with Crippen molar-refractivity contribution >= 4 is 46.1 Å². The molecule has 1 rings (SSSR count). The topological polar surface area (TPSA) is 0 Å². The van der Waals surface area contributed by atoms with Crippen LogP contribution in [-0.2, 0) is 0 Å². The smallest absolute Gasteiger partial charge is 0.0991 e. The average Bonchev–Trinajstić information content (AvgIpc) is 2.28. The van der Waals surface area contributed by atoms with Crippen molar-refractivity contribution in [3.63, 3.8) is 0 Å². The van der Waals surface area contributed by atoms with Crippen molar-refractivity contribution in [1.29, 1.82) is 0 Å². The van der Waals surface area contributed by atoms with Gasteiger partial charge >= 0.3 is 0 Å². The molecule has 0 nitrogen and oxygen atoms in total. The van der Waals surface area contributed by atoms with Crippen molar-refractivity contribution in [1.82, 2.24) is 0 Å². The third-order valence-electron chi connectivity index (χ3n) is 1.70. The summed E-state index contributed by atoms with van der Waals surface area (Å²) in [5, 5.41) is -0.0174. The van der Waals surface area contributed by atoms with E-state index < -0.39 is 0 Å². The van der Waals surface area contributed by atoms with E-state index in [4.69, 9.17) is 34.8 Å². The third-order valence-corrected chi connectivity index (χ3v) is 3.63. The maximum atomic E-state index is 6.18. The standard InChI is InChI=1S/C9H11Cl3S/c1-5(2)3-7(10)6-4-8(11)13-9(6)12/h4-5,7H,3H2,1-2H3. The summed E-state index contributed by atoms with van der Waals surface area (Å²) in [6.07, 6.45) is 0.925. The SMILES string of the molecule is CC(C)CC(Cl)c1cc(Cl)sc1Cl. The Morgan fingerprint density at radius 2 is 2.00 bits per heavy atom. The predicted molar refractivity (Wildman–Crippen MR) is 62.4 cm³/mol. The van der Waals surface area contributed by atoms with Crippen molar-refractivity contribution in [2.45, 2.75) is 25.6 Å². The molecule has 1 heterocycles. The van der Waals surface area contributed by atoms with E-state index in [1.54, 1.807) is 0 Å². The average molecular weight is 258 g/mol. The molecule has 1 unspecified atom stereocenters. The van der Waals surface area contributed by atoms with Crippen LogP contribution in [0.2, 0.25) is 8.67 Å². The molecule has 0 bridgehead atoms. The molecular weight excluding hydrogens is 247 g/mol. The lowest BCUT2D eigenvalue weighted by Gasteiger charge is -2.10. The van der Waals surface area contributed by atoms with Crippen molar-refractivity contribution in [3.8, 4) is 0 Å². The summed E-state index contributed by atoms with van der Waals surface area (Å²) in [7, 11) is 0. The summed E-state index contributed by atoms with van der Waals surface area (Å²) in [5.41, 5.74) is 0.965. The number of alkyl halides is 1. The van der Waals surface area contributed by atoms with Crippen LogP contribution in [0.5, 0.6) is 0 Å². The Balaban J connectivity index is 2.76. The largest absolute Gasteiger partial charge is 0.118 e. The minimum atomic E-state index is -0.0174. The van der Waals surface area contributed by atoms with E-state index in [1.807, 2.05) is 6.07 Å². The van der Waals surface area contributed by atoms with Crippen LogP contribution in [0.15, 0.2) is 6.07 Å². The number of rotatable bonds is 3. The van der Waals surface area contributed by atoms with Crippen LogP contribution in [0.4, 0.5) is 0 Å². The first-order valence-electron chi connectivity index (χ1n) is 4.09. The first-order chi connectivity index (χ1) is 6.00. The van der Waals surface area contributed by atoms with Gasteiger partial charge < -0.3 is 0 Å². The molecule has 0 N–H and O–H groups in total. The molecule has 0 aliphatic rings.